The number of carbonyl (C=O) groups is 2. The first-order valence-corrected chi connectivity index (χ1v) is 9.58. The Labute approximate surface area is 169 Å². The van der Waals surface area contributed by atoms with Crippen LogP contribution in [0.5, 0.6) is 0 Å². The van der Waals surface area contributed by atoms with Crippen molar-refractivity contribution in [3.8, 4) is 11.8 Å². The van der Waals surface area contributed by atoms with E-state index >= 15 is 0 Å². The minimum atomic E-state index is -0.0715. The summed E-state index contributed by atoms with van der Waals surface area (Å²) in [6, 6.07) is 21.5. The molecule has 0 aliphatic carbocycles. The monoisotopic (exact) mass is 383 g/mol. The van der Waals surface area contributed by atoms with Crippen LogP contribution in [0, 0.1) is 11.8 Å². The van der Waals surface area contributed by atoms with E-state index in [9.17, 15) is 9.59 Å². The van der Waals surface area contributed by atoms with Gasteiger partial charge in [0.25, 0.3) is 0 Å². The normalized spacial score (nSPS) is 13.0. The molecule has 0 saturated carbocycles. The Morgan fingerprint density at radius 3 is 2.62 bits per heavy atom. The van der Waals surface area contributed by atoms with Crippen molar-refractivity contribution in [2.45, 2.75) is 6.42 Å². The molecule has 1 aliphatic rings. The van der Waals surface area contributed by atoms with E-state index in [1.165, 1.54) is 0 Å². The molecule has 2 N–H and O–H groups in total. The van der Waals surface area contributed by atoms with Gasteiger partial charge in [-0.15, -0.1) is 0 Å². The largest absolute Gasteiger partial charge is 0.345 e. The maximum absolute atomic E-state index is 12.3. The lowest BCUT2D eigenvalue weighted by molar-refractivity contribution is -0.120. The van der Waals surface area contributed by atoms with Gasteiger partial charge in [0.15, 0.2) is 0 Å². The molecule has 4 rings (SSSR count). The summed E-state index contributed by atoms with van der Waals surface area (Å²) < 4.78 is 0. The van der Waals surface area contributed by atoms with Gasteiger partial charge in [-0.3, -0.25) is 9.69 Å². The minimum Gasteiger partial charge on any atom is -0.345 e. The van der Waals surface area contributed by atoms with Gasteiger partial charge in [-0.1, -0.05) is 54.3 Å². The highest BCUT2D eigenvalue weighted by atomic mass is 16.2. The van der Waals surface area contributed by atoms with Crippen LogP contribution in [0.3, 0.4) is 0 Å². The number of nitrogens with one attached hydrogen (secondary N) is 2. The van der Waals surface area contributed by atoms with Crippen LogP contribution in [0.15, 0.2) is 66.7 Å². The fraction of sp³-hybridized carbons (Fsp3) is 0.167. The lowest BCUT2D eigenvalue weighted by Gasteiger charge is -2.13. The van der Waals surface area contributed by atoms with Crippen LogP contribution in [-0.4, -0.2) is 31.6 Å². The molecule has 0 radical (unpaired) electrons. The average molecular weight is 383 g/mol. The Hall–Kier alpha value is -3.78. The fourth-order valence-electron chi connectivity index (χ4n) is 3.41. The first-order chi connectivity index (χ1) is 14.2. The summed E-state index contributed by atoms with van der Waals surface area (Å²) in [5.74, 6) is 5.97. The number of urea groups is 1. The van der Waals surface area contributed by atoms with Gasteiger partial charge in [0, 0.05) is 24.3 Å². The van der Waals surface area contributed by atoms with Crippen LogP contribution >= 0.6 is 0 Å². The number of carbonyl (C=O) groups excluding carboxylic acids is 2. The fourth-order valence-corrected chi connectivity index (χ4v) is 3.41. The third kappa shape index (κ3) is 4.39. The van der Waals surface area contributed by atoms with E-state index in [0.717, 1.165) is 27.6 Å². The molecule has 144 valence electrons. The first kappa shape index (κ1) is 18.6. The van der Waals surface area contributed by atoms with E-state index in [-0.39, 0.29) is 11.9 Å². The third-order valence-corrected chi connectivity index (χ3v) is 4.87. The smallest absolute Gasteiger partial charge is 0.321 e. The molecule has 1 saturated heterocycles. The van der Waals surface area contributed by atoms with Crippen molar-refractivity contribution in [2.75, 3.05) is 24.5 Å². The van der Waals surface area contributed by atoms with Gasteiger partial charge in [-0.25, -0.2) is 4.79 Å². The van der Waals surface area contributed by atoms with Crippen molar-refractivity contribution in [3.05, 3.63) is 77.9 Å². The lowest BCUT2D eigenvalue weighted by Crippen LogP contribution is -2.27. The Bertz CT molecular complexity index is 1100. The number of benzene rings is 3. The van der Waals surface area contributed by atoms with Gasteiger partial charge in [0.05, 0.1) is 13.0 Å². The van der Waals surface area contributed by atoms with Crippen LogP contribution in [0.2, 0.25) is 0 Å². The SMILES string of the molecule is O=C(Cc1cccc2ccccc12)NCC#Cc1ccc(N2CCNC2=O)cc1. The molecule has 0 aromatic heterocycles. The van der Waals surface area contributed by atoms with E-state index in [1.807, 2.05) is 66.7 Å². The number of anilines is 1. The number of hydrogen-bond acceptors (Lipinski definition) is 2. The quantitative estimate of drug-likeness (QED) is 0.680. The molecule has 5 nitrogen and oxygen atoms in total. The van der Waals surface area contributed by atoms with Gasteiger partial charge < -0.3 is 10.6 Å². The highest BCUT2D eigenvalue weighted by Gasteiger charge is 2.20. The van der Waals surface area contributed by atoms with Gasteiger partial charge >= 0.3 is 6.03 Å². The summed E-state index contributed by atoms with van der Waals surface area (Å²) in [4.78, 5) is 25.7. The summed E-state index contributed by atoms with van der Waals surface area (Å²) in [6.45, 7) is 1.63. The molecule has 3 aromatic carbocycles. The summed E-state index contributed by atoms with van der Waals surface area (Å²) in [5, 5.41) is 7.87. The highest BCUT2D eigenvalue weighted by molar-refractivity contribution is 5.94. The zero-order valence-electron chi connectivity index (χ0n) is 15.9. The van der Waals surface area contributed by atoms with Gasteiger partial charge in [0.2, 0.25) is 5.91 Å². The van der Waals surface area contributed by atoms with Gasteiger partial charge in [-0.05, 0) is 40.6 Å². The van der Waals surface area contributed by atoms with Crippen LogP contribution in [0.4, 0.5) is 10.5 Å². The number of amides is 3. The zero-order chi connectivity index (χ0) is 20.1. The van der Waals surface area contributed by atoms with Gasteiger partial charge in [0.1, 0.15) is 0 Å². The second kappa shape index (κ2) is 8.49. The maximum atomic E-state index is 12.3. The van der Waals surface area contributed by atoms with Crippen molar-refractivity contribution in [1.82, 2.24) is 10.6 Å². The van der Waals surface area contributed by atoms with Crippen LogP contribution in [0.1, 0.15) is 11.1 Å². The minimum absolute atomic E-state index is 0.0500. The molecule has 0 unspecified atom stereocenters. The van der Waals surface area contributed by atoms with Crippen molar-refractivity contribution in [2.24, 2.45) is 0 Å². The molecule has 1 heterocycles. The first-order valence-electron chi connectivity index (χ1n) is 9.58. The predicted molar refractivity (Wildman–Crippen MR) is 115 cm³/mol. The third-order valence-electron chi connectivity index (χ3n) is 4.87. The Kier molecular flexibility index (Phi) is 5.44. The van der Waals surface area contributed by atoms with Crippen LogP contribution in [-0.2, 0) is 11.2 Å². The van der Waals surface area contributed by atoms with Crippen molar-refractivity contribution >= 4 is 28.4 Å². The molecule has 1 fully saturated rings. The number of fused-ring (bicyclic) bond motifs is 1. The van der Waals surface area contributed by atoms with E-state index in [4.69, 9.17) is 0 Å². The Morgan fingerprint density at radius 2 is 1.83 bits per heavy atom. The maximum Gasteiger partial charge on any atom is 0.321 e. The van der Waals surface area contributed by atoms with Crippen LogP contribution < -0.4 is 15.5 Å². The molecule has 1 aliphatic heterocycles. The van der Waals surface area contributed by atoms with E-state index in [2.05, 4.69) is 22.5 Å². The van der Waals surface area contributed by atoms with Crippen molar-refractivity contribution < 1.29 is 9.59 Å². The summed E-state index contributed by atoms with van der Waals surface area (Å²) >= 11 is 0. The number of hydrogen-bond donors (Lipinski definition) is 2. The second-order valence-electron chi connectivity index (χ2n) is 6.82. The molecular formula is C24H21N3O2. The number of nitrogens with zero attached hydrogens (tertiary/aromatic N) is 1. The van der Waals surface area contributed by atoms with E-state index in [1.54, 1.807) is 4.90 Å². The summed E-state index contributed by atoms with van der Waals surface area (Å²) in [7, 11) is 0. The summed E-state index contributed by atoms with van der Waals surface area (Å²) in [6.07, 6.45) is 0.329. The van der Waals surface area contributed by atoms with E-state index < -0.39 is 0 Å². The van der Waals surface area contributed by atoms with E-state index in [0.29, 0.717) is 26.1 Å². The lowest BCUT2D eigenvalue weighted by atomic mass is 10.0. The number of rotatable bonds is 4. The molecule has 3 amide bonds. The molecule has 0 atom stereocenters. The molecular weight excluding hydrogens is 362 g/mol. The zero-order valence-corrected chi connectivity index (χ0v) is 15.9. The molecule has 5 heteroatoms. The summed E-state index contributed by atoms with van der Waals surface area (Å²) in [5.41, 5.74) is 2.71. The van der Waals surface area contributed by atoms with Crippen molar-refractivity contribution in [3.63, 3.8) is 0 Å². The standard InChI is InChI=1S/C24H21N3O2/c28-23(17-20-8-3-7-19-6-1-2-9-22(19)20)25-14-4-5-18-10-12-21(13-11-18)27-16-15-26-24(27)29/h1-3,6-13H,14-17H2,(H,25,28)(H,26,29). The highest BCUT2D eigenvalue weighted by Crippen LogP contribution is 2.19. The molecule has 29 heavy (non-hydrogen) atoms. The Balaban J connectivity index is 1.32. The van der Waals surface area contributed by atoms with Crippen molar-refractivity contribution in [1.29, 1.82) is 0 Å². The topological polar surface area (TPSA) is 61.4 Å². The van der Waals surface area contributed by atoms with Crippen LogP contribution in [0.25, 0.3) is 10.8 Å². The predicted octanol–water partition coefficient (Wildman–Crippen LogP) is 3.08. The van der Waals surface area contributed by atoms with Gasteiger partial charge in [-0.2, -0.15) is 0 Å². The molecule has 0 bridgehead atoms. The second-order valence-corrected chi connectivity index (χ2v) is 6.82. The Morgan fingerprint density at radius 1 is 1.03 bits per heavy atom. The molecule has 3 aromatic rings. The average Bonchev–Trinajstić information content (AvgIpc) is 3.18. The molecule has 0 spiro atoms.